The van der Waals surface area contributed by atoms with Crippen molar-refractivity contribution in [2.75, 3.05) is 19.0 Å². The molecule has 1 atom stereocenters. The molecule has 0 radical (unpaired) electrons. The Morgan fingerprint density at radius 1 is 1.32 bits per heavy atom. The molecule has 0 fully saturated rings. The van der Waals surface area contributed by atoms with Gasteiger partial charge < -0.3 is 13.7 Å². The number of nitrogens with zero attached hydrogens (tertiary/aromatic N) is 1. The van der Waals surface area contributed by atoms with Crippen LogP contribution in [0.2, 0.25) is 0 Å². The van der Waals surface area contributed by atoms with Crippen LogP contribution < -0.4 is 8.92 Å². The van der Waals surface area contributed by atoms with Gasteiger partial charge in [-0.15, -0.1) is 11.6 Å². The molecule has 1 aliphatic heterocycles. The zero-order valence-corrected chi connectivity index (χ0v) is 16.2. The standard InChI is InChI=1S/C16H22ClNO6S/c1-5-18(6-2)25(20,21)24-11-7-8-13-12(9-11)16(3,4)15(22-13)23-14(19)10-17/h7-9,15H,5-6,10H2,1-4H3. The molecule has 140 valence electrons. The molecule has 1 unspecified atom stereocenters. The fraction of sp³-hybridized carbons (Fsp3) is 0.562. The van der Waals surface area contributed by atoms with Gasteiger partial charge >= 0.3 is 16.3 Å². The van der Waals surface area contributed by atoms with Crippen LogP contribution in [0.5, 0.6) is 11.5 Å². The van der Waals surface area contributed by atoms with Crippen LogP contribution >= 0.6 is 11.6 Å². The summed E-state index contributed by atoms with van der Waals surface area (Å²) < 4.78 is 41.8. The highest BCUT2D eigenvalue weighted by atomic mass is 35.5. The van der Waals surface area contributed by atoms with Crippen LogP contribution in [0.25, 0.3) is 0 Å². The van der Waals surface area contributed by atoms with Crippen molar-refractivity contribution in [1.29, 1.82) is 0 Å². The van der Waals surface area contributed by atoms with Crippen LogP contribution in [0.3, 0.4) is 0 Å². The van der Waals surface area contributed by atoms with E-state index in [9.17, 15) is 13.2 Å². The monoisotopic (exact) mass is 391 g/mol. The second-order valence-corrected chi connectivity index (χ2v) is 7.88. The zero-order valence-electron chi connectivity index (χ0n) is 14.6. The zero-order chi connectivity index (χ0) is 18.8. The van der Waals surface area contributed by atoms with Crippen molar-refractivity contribution in [1.82, 2.24) is 4.31 Å². The van der Waals surface area contributed by atoms with E-state index in [4.69, 9.17) is 25.3 Å². The van der Waals surface area contributed by atoms with Gasteiger partial charge in [-0.3, -0.25) is 4.79 Å². The molecule has 0 aliphatic carbocycles. The fourth-order valence-electron chi connectivity index (χ4n) is 2.59. The van der Waals surface area contributed by atoms with Gasteiger partial charge in [-0.1, -0.05) is 13.8 Å². The first-order valence-corrected chi connectivity index (χ1v) is 9.81. The molecule has 1 heterocycles. The maximum Gasteiger partial charge on any atom is 0.385 e. The normalized spacial score (nSPS) is 18.6. The van der Waals surface area contributed by atoms with Crippen molar-refractivity contribution in [3.05, 3.63) is 23.8 Å². The van der Waals surface area contributed by atoms with Crippen LogP contribution in [0, 0.1) is 0 Å². The minimum Gasteiger partial charge on any atom is -0.454 e. The molecule has 2 rings (SSSR count). The number of benzene rings is 1. The predicted molar refractivity (Wildman–Crippen MR) is 93.2 cm³/mol. The van der Waals surface area contributed by atoms with E-state index in [1.165, 1.54) is 10.4 Å². The molecule has 0 amide bonds. The number of hydrogen-bond acceptors (Lipinski definition) is 6. The summed E-state index contributed by atoms with van der Waals surface area (Å²) in [5.41, 5.74) is 0.00201. The fourth-order valence-corrected chi connectivity index (χ4v) is 3.74. The molecule has 25 heavy (non-hydrogen) atoms. The number of halogens is 1. The number of hydrogen-bond donors (Lipinski definition) is 0. The van der Waals surface area contributed by atoms with Gasteiger partial charge in [0.2, 0.25) is 0 Å². The first kappa shape index (κ1) is 19.8. The van der Waals surface area contributed by atoms with Crippen LogP contribution in [0.15, 0.2) is 18.2 Å². The first-order chi connectivity index (χ1) is 11.7. The van der Waals surface area contributed by atoms with E-state index in [1.54, 1.807) is 26.0 Å². The molecular formula is C16H22ClNO6S. The lowest BCUT2D eigenvalue weighted by Crippen LogP contribution is -2.37. The summed E-state index contributed by atoms with van der Waals surface area (Å²) in [5.74, 6) is -0.187. The molecule has 0 N–H and O–H groups in total. The molecule has 0 bridgehead atoms. The van der Waals surface area contributed by atoms with Crippen molar-refractivity contribution in [2.45, 2.75) is 39.4 Å². The minimum atomic E-state index is -3.88. The minimum absolute atomic E-state index is 0.173. The Hall–Kier alpha value is -1.51. The van der Waals surface area contributed by atoms with E-state index in [0.29, 0.717) is 24.4 Å². The summed E-state index contributed by atoms with van der Waals surface area (Å²) in [4.78, 5) is 11.5. The Balaban J connectivity index is 2.27. The van der Waals surface area contributed by atoms with Crippen molar-refractivity contribution in [2.24, 2.45) is 0 Å². The predicted octanol–water partition coefficient (Wildman–Crippen LogP) is 2.43. The molecule has 9 heteroatoms. The van der Waals surface area contributed by atoms with E-state index >= 15 is 0 Å². The molecule has 0 saturated carbocycles. The number of carbonyl (C=O) groups excluding carboxylic acids is 1. The van der Waals surface area contributed by atoms with Crippen molar-refractivity contribution in [3.8, 4) is 11.5 Å². The first-order valence-electron chi connectivity index (χ1n) is 7.91. The summed E-state index contributed by atoms with van der Waals surface area (Å²) in [5, 5.41) is 0. The largest absolute Gasteiger partial charge is 0.454 e. The number of carbonyl (C=O) groups is 1. The maximum atomic E-state index is 12.3. The topological polar surface area (TPSA) is 82.1 Å². The van der Waals surface area contributed by atoms with Gasteiger partial charge in [-0.25, -0.2) is 0 Å². The quantitative estimate of drug-likeness (QED) is 0.524. The third kappa shape index (κ3) is 4.02. The molecule has 0 spiro atoms. The summed E-state index contributed by atoms with van der Waals surface area (Å²) >= 11 is 5.47. The molecule has 1 aromatic carbocycles. The second kappa shape index (κ2) is 7.39. The summed E-state index contributed by atoms with van der Waals surface area (Å²) in [6, 6.07) is 4.69. The average Bonchev–Trinajstić information content (AvgIpc) is 2.78. The van der Waals surface area contributed by atoms with Crippen LogP contribution in [0.1, 0.15) is 33.3 Å². The van der Waals surface area contributed by atoms with E-state index in [0.717, 1.165) is 0 Å². The molecule has 0 saturated heterocycles. The number of alkyl halides is 1. The highest BCUT2D eigenvalue weighted by Crippen LogP contribution is 2.45. The Morgan fingerprint density at radius 2 is 1.96 bits per heavy atom. The summed E-state index contributed by atoms with van der Waals surface area (Å²) in [6.07, 6.45) is -0.844. The number of rotatable bonds is 7. The lowest BCUT2D eigenvalue weighted by molar-refractivity contribution is -0.165. The van der Waals surface area contributed by atoms with Crippen LogP contribution in [0.4, 0.5) is 0 Å². The molecular weight excluding hydrogens is 370 g/mol. The van der Waals surface area contributed by atoms with Crippen LogP contribution in [-0.2, 0) is 25.3 Å². The molecule has 7 nitrogen and oxygen atoms in total. The second-order valence-electron chi connectivity index (χ2n) is 6.08. The SMILES string of the molecule is CCN(CC)S(=O)(=O)Oc1ccc2c(c1)C(C)(C)C(OC(=O)CCl)O2. The molecule has 1 aliphatic rings. The van der Waals surface area contributed by atoms with Gasteiger partial charge in [0, 0.05) is 18.7 Å². The Bertz CT molecular complexity index is 745. The van der Waals surface area contributed by atoms with E-state index < -0.39 is 28.0 Å². The van der Waals surface area contributed by atoms with E-state index in [2.05, 4.69) is 0 Å². The summed E-state index contributed by atoms with van der Waals surface area (Å²) in [6.45, 7) is 7.75. The van der Waals surface area contributed by atoms with Crippen molar-refractivity contribution in [3.63, 3.8) is 0 Å². The number of fused-ring (bicyclic) bond motifs is 1. The van der Waals surface area contributed by atoms with Gasteiger partial charge in [0.1, 0.15) is 17.4 Å². The lowest BCUT2D eigenvalue weighted by Gasteiger charge is -2.25. The third-order valence-electron chi connectivity index (χ3n) is 4.04. The van der Waals surface area contributed by atoms with E-state index in [1.807, 2.05) is 13.8 Å². The average molecular weight is 392 g/mol. The highest BCUT2D eigenvalue weighted by molar-refractivity contribution is 7.84. The van der Waals surface area contributed by atoms with Crippen molar-refractivity contribution < 1.29 is 26.9 Å². The van der Waals surface area contributed by atoms with Gasteiger partial charge in [0.05, 0.1) is 5.41 Å². The van der Waals surface area contributed by atoms with Gasteiger partial charge in [0.15, 0.2) is 0 Å². The van der Waals surface area contributed by atoms with Gasteiger partial charge in [-0.2, -0.15) is 12.7 Å². The molecule has 0 aromatic heterocycles. The Kier molecular flexibility index (Phi) is 5.86. The number of ether oxygens (including phenoxy) is 2. The Labute approximate surface area is 153 Å². The Morgan fingerprint density at radius 3 is 2.52 bits per heavy atom. The summed E-state index contributed by atoms with van der Waals surface area (Å²) in [7, 11) is -3.88. The highest BCUT2D eigenvalue weighted by Gasteiger charge is 2.44. The maximum absolute atomic E-state index is 12.3. The van der Waals surface area contributed by atoms with E-state index in [-0.39, 0.29) is 11.6 Å². The van der Waals surface area contributed by atoms with Gasteiger partial charge in [-0.05, 0) is 32.0 Å². The van der Waals surface area contributed by atoms with Gasteiger partial charge in [0.25, 0.3) is 6.29 Å². The number of esters is 1. The smallest absolute Gasteiger partial charge is 0.385 e. The van der Waals surface area contributed by atoms with Crippen molar-refractivity contribution >= 4 is 27.9 Å². The lowest BCUT2D eigenvalue weighted by atomic mass is 9.85. The van der Waals surface area contributed by atoms with Crippen LogP contribution in [-0.4, -0.2) is 44.0 Å². The third-order valence-corrected chi connectivity index (χ3v) is 5.81. The molecule has 1 aromatic rings.